The number of amides is 1. The van der Waals surface area contributed by atoms with Crippen LogP contribution in [0.25, 0.3) is 0 Å². The van der Waals surface area contributed by atoms with E-state index in [1.807, 2.05) is 0 Å². The molecule has 1 rings (SSSR count). The number of β-amino-alcohol motifs (C(OH)–C–C–N with tert-alkyl or cyclic N) is 2. The zero-order valence-electron chi connectivity index (χ0n) is 6.61. The van der Waals surface area contributed by atoms with Crippen LogP contribution in [-0.4, -0.2) is 51.6 Å². The van der Waals surface area contributed by atoms with Crippen LogP contribution in [-0.2, 0) is 4.79 Å². The molecule has 1 aliphatic heterocycles. The van der Waals surface area contributed by atoms with E-state index >= 15 is 0 Å². The van der Waals surface area contributed by atoms with E-state index in [-0.39, 0.29) is 19.0 Å². The van der Waals surface area contributed by atoms with Gasteiger partial charge in [-0.25, -0.2) is 0 Å². The largest absolute Gasteiger partial charge is 0.388 e. The molecule has 4 nitrogen and oxygen atoms in total. The molecule has 12 heavy (non-hydrogen) atoms. The summed E-state index contributed by atoms with van der Waals surface area (Å²) in [5.74, 6) is -0.0255. The Morgan fingerprint density at radius 2 is 1.92 bits per heavy atom. The zero-order chi connectivity index (χ0) is 9.14. The molecular formula is C7H12BrNO3. The summed E-state index contributed by atoms with van der Waals surface area (Å²) in [6.07, 6.45) is -1.13. The molecule has 0 bridgehead atoms. The summed E-state index contributed by atoms with van der Waals surface area (Å²) in [6, 6.07) is 0. The van der Waals surface area contributed by atoms with E-state index in [2.05, 4.69) is 15.9 Å². The lowest BCUT2D eigenvalue weighted by molar-refractivity contribution is -0.130. The van der Waals surface area contributed by atoms with Gasteiger partial charge >= 0.3 is 0 Å². The topological polar surface area (TPSA) is 60.8 Å². The van der Waals surface area contributed by atoms with Crippen LogP contribution in [0, 0.1) is 0 Å². The van der Waals surface area contributed by atoms with E-state index in [1.165, 1.54) is 4.90 Å². The van der Waals surface area contributed by atoms with Gasteiger partial charge in [0.2, 0.25) is 5.91 Å². The quantitative estimate of drug-likeness (QED) is 0.627. The summed E-state index contributed by atoms with van der Waals surface area (Å²) in [6.45, 7) is 0.514. The first-order valence-electron chi connectivity index (χ1n) is 3.85. The van der Waals surface area contributed by atoms with E-state index in [0.29, 0.717) is 11.8 Å². The van der Waals surface area contributed by atoms with Gasteiger partial charge in [-0.1, -0.05) is 15.9 Å². The normalized spacial score (nSPS) is 29.4. The Morgan fingerprint density at radius 1 is 1.42 bits per heavy atom. The molecule has 70 valence electrons. The van der Waals surface area contributed by atoms with Gasteiger partial charge in [0.05, 0.1) is 12.2 Å². The summed E-state index contributed by atoms with van der Waals surface area (Å²) in [7, 11) is 0. The first-order valence-corrected chi connectivity index (χ1v) is 4.97. The van der Waals surface area contributed by atoms with Crippen LogP contribution < -0.4 is 0 Å². The maximum Gasteiger partial charge on any atom is 0.223 e. The maximum absolute atomic E-state index is 11.2. The number of carbonyl (C=O) groups is 1. The van der Waals surface area contributed by atoms with Crippen molar-refractivity contribution in [1.82, 2.24) is 4.90 Å². The molecule has 5 heteroatoms. The van der Waals surface area contributed by atoms with Gasteiger partial charge in [0.15, 0.2) is 0 Å². The van der Waals surface area contributed by atoms with Crippen molar-refractivity contribution in [3.63, 3.8) is 0 Å². The zero-order valence-corrected chi connectivity index (χ0v) is 8.20. The van der Waals surface area contributed by atoms with Gasteiger partial charge in [0.25, 0.3) is 0 Å². The van der Waals surface area contributed by atoms with Crippen LogP contribution in [0.3, 0.4) is 0 Å². The third-order valence-electron chi connectivity index (χ3n) is 1.92. The molecule has 1 fully saturated rings. The van der Waals surface area contributed by atoms with Crippen molar-refractivity contribution in [3.8, 4) is 0 Å². The smallest absolute Gasteiger partial charge is 0.223 e. The van der Waals surface area contributed by atoms with Crippen molar-refractivity contribution < 1.29 is 15.0 Å². The highest BCUT2D eigenvalue weighted by molar-refractivity contribution is 9.09. The average molecular weight is 238 g/mol. The molecule has 0 saturated carbocycles. The summed E-state index contributed by atoms with van der Waals surface area (Å²) >= 11 is 3.15. The molecule has 0 radical (unpaired) electrons. The Labute approximate surface area is 79.3 Å². The molecule has 0 unspecified atom stereocenters. The number of aliphatic hydroxyl groups excluding tert-OH is 2. The van der Waals surface area contributed by atoms with Crippen molar-refractivity contribution in [2.24, 2.45) is 0 Å². The summed E-state index contributed by atoms with van der Waals surface area (Å²) in [5, 5.41) is 18.9. The van der Waals surface area contributed by atoms with Gasteiger partial charge < -0.3 is 15.1 Å². The fourth-order valence-corrected chi connectivity index (χ4v) is 1.55. The first-order chi connectivity index (χ1) is 5.65. The lowest BCUT2D eigenvalue weighted by atomic mass is 10.3. The van der Waals surface area contributed by atoms with Crippen molar-refractivity contribution in [3.05, 3.63) is 0 Å². The van der Waals surface area contributed by atoms with Crippen LogP contribution in [0.1, 0.15) is 6.42 Å². The highest BCUT2D eigenvalue weighted by atomic mass is 79.9. The van der Waals surface area contributed by atoms with Gasteiger partial charge in [-0.2, -0.15) is 0 Å². The van der Waals surface area contributed by atoms with Crippen LogP contribution in [0.4, 0.5) is 0 Å². The number of carbonyl (C=O) groups excluding carboxylic acids is 1. The predicted molar refractivity (Wildman–Crippen MR) is 47.0 cm³/mol. The van der Waals surface area contributed by atoms with Crippen molar-refractivity contribution >= 4 is 21.8 Å². The molecule has 0 aromatic carbocycles. The second-order valence-electron chi connectivity index (χ2n) is 2.87. The second-order valence-corrected chi connectivity index (χ2v) is 3.67. The maximum atomic E-state index is 11.2. The van der Waals surface area contributed by atoms with Crippen LogP contribution in [0.15, 0.2) is 0 Å². The minimum atomic E-state index is -0.774. The Hall–Kier alpha value is -0.130. The number of rotatable bonds is 2. The van der Waals surface area contributed by atoms with Crippen molar-refractivity contribution in [2.45, 2.75) is 18.6 Å². The lowest BCUT2D eigenvalue weighted by Crippen LogP contribution is -2.29. The molecule has 0 aliphatic carbocycles. The molecule has 0 aromatic rings. The summed E-state index contributed by atoms with van der Waals surface area (Å²) < 4.78 is 0. The number of likely N-dealkylation sites (tertiary alicyclic amines) is 1. The third kappa shape index (κ3) is 2.18. The Balaban J connectivity index is 2.40. The predicted octanol–water partition coefficient (Wildman–Crippen LogP) is -0.665. The average Bonchev–Trinajstić information content (AvgIpc) is 2.33. The highest BCUT2D eigenvalue weighted by Gasteiger charge is 2.31. The van der Waals surface area contributed by atoms with Crippen LogP contribution >= 0.6 is 15.9 Å². The minimum absolute atomic E-state index is 0.0255. The van der Waals surface area contributed by atoms with E-state index < -0.39 is 12.2 Å². The molecule has 1 amide bonds. The van der Waals surface area contributed by atoms with Crippen molar-refractivity contribution in [1.29, 1.82) is 0 Å². The number of hydrogen-bond acceptors (Lipinski definition) is 3. The third-order valence-corrected chi connectivity index (χ3v) is 2.32. The van der Waals surface area contributed by atoms with E-state index in [4.69, 9.17) is 10.2 Å². The van der Waals surface area contributed by atoms with Crippen LogP contribution in [0.5, 0.6) is 0 Å². The van der Waals surface area contributed by atoms with Gasteiger partial charge in [0.1, 0.15) is 0 Å². The van der Waals surface area contributed by atoms with Gasteiger partial charge in [-0.05, 0) is 0 Å². The fraction of sp³-hybridized carbons (Fsp3) is 0.857. The van der Waals surface area contributed by atoms with E-state index in [0.717, 1.165) is 0 Å². The SMILES string of the molecule is O=C(CCBr)N1C[C@@H](O)[C@@H](O)C1. The molecule has 1 heterocycles. The van der Waals surface area contributed by atoms with Gasteiger partial charge in [-0.3, -0.25) is 4.79 Å². The van der Waals surface area contributed by atoms with Crippen LogP contribution in [0.2, 0.25) is 0 Å². The fourth-order valence-electron chi connectivity index (χ4n) is 1.21. The Kier molecular flexibility index (Phi) is 3.49. The number of alkyl halides is 1. The lowest BCUT2D eigenvalue weighted by Gasteiger charge is -2.13. The molecule has 1 aliphatic rings. The highest BCUT2D eigenvalue weighted by Crippen LogP contribution is 2.11. The second kappa shape index (κ2) is 4.20. The standard InChI is InChI=1S/C7H12BrNO3/c8-2-1-7(12)9-3-5(10)6(11)4-9/h5-6,10-11H,1-4H2/t5-,6+. The minimum Gasteiger partial charge on any atom is -0.388 e. The molecular weight excluding hydrogens is 226 g/mol. The molecule has 2 atom stereocenters. The monoisotopic (exact) mass is 237 g/mol. The number of nitrogens with zero attached hydrogens (tertiary/aromatic N) is 1. The Morgan fingerprint density at radius 3 is 2.33 bits per heavy atom. The number of aliphatic hydroxyl groups is 2. The molecule has 2 N–H and O–H groups in total. The van der Waals surface area contributed by atoms with Crippen molar-refractivity contribution in [2.75, 3.05) is 18.4 Å². The molecule has 1 saturated heterocycles. The molecule has 0 spiro atoms. The van der Waals surface area contributed by atoms with Gasteiger partial charge in [-0.15, -0.1) is 0 Å². The Bertz CT molecular complexity index is 166. The van der Waals surface area contributed by atoms with Gasteiger partial charge in [0, 0.05) is 24.8 Å². The van der Waals surface area contributed by atoms with E-state index in [1.54, 1.807) is 0 Å². The summed E-state index contributed by atoms with van der Waals surface area (Å²) in [5.41, 5.74) is 0. The number of halogens is 1. The van der Waals surface area contributed by atoms with E-state index in [9.17, 15) is 4.79 Å². The first kappa shape index (κ1) is 9.95. The number of hydrogen-bond donors (Lipinski definition) is 2. The summed E-state index contributed by atoms with van der Waals surface area (Å²) in [4.78, 5) is 12.7. The molecule has 0 aromatic heterocycles.